The second-order valence-corrected chi connectivity index (χ2v) is 5.58. The van der Waals surface area contributed by atoms with Crippen LogP contribution < -0.4 is 9.47 Å². The molecule has 0 amide bonds. The largest absolute Gasteiger partial charge is 0.496 e. The molecule has 0 saturated carbocycles. The smallest absolute Gasteiger partial charge is 0.139 e. The Labute approximate surface area is 130 Å². The third-order valence-corrected chi connectivity index (χ3v) is 3.56. The summed E-state index contributed by atoms with van der Waals surface area (Å²) in [7, 11) is 1.62. The van der Waals surface area contributed by atoms with Gasteiger partial charge in [-0.25, -0.2) is 0 Å². The third-order valence-electron chi connectivity index (χ3n) is 2.52. The van der Waals surface area contributed by atoms with Crippen LogP contribution in [-0.4, -0.2) is 7.11 Å². The summed E-state index contributed by atoms with van der Waals surface area (Å²) in [5, 5.41) is 1.11. The summed E-state index contributed by atoms with van der Waals surface area (Å²) in [6.07, 6.45) is 0. The minimum Gasteiger partial charge on any atom is -0.496 e. The van der Waals surface area contributed by atoms with Gasteiger partial charge in [0.25, 0.3) is 0 Å². The Kier molecular flexibility index (Phi) is 4.97. The van der Waals surface area contributed by atoms with E-state index in [1.165, 1.54) is 0 Å². The normalized spacial score (nSPS) is 10.3. The molecule has 2 nitrogen and oxygen atoms in total. The number of ether oxygens (including phenoxy) is 2. The predicted octanol–water partition coefficient (Wildman–Crippen LogP) is 5.34. The standard InChI is InChI=1S/C14H11BrCl2O2/c1-18-13-5-2-10(15)6-9(13)8-19-14-7-11(16)3-4-12(14)17/h2-7H,8H2,1H3. The Balaban J connectivity index is 2.18. The Morgan fingerprint density at radius 1 is 1.05 bits per heavy atom. The molecule has 0 spiro atoms. The predicted molar refractivity (Wildman–Crippen MR) is 81.5 cm³/mol. The van der Waals surface area contributed by atoms with Crippen molar-refractivity contribution in [2.75, 3.05) is 7.11 Å². The number of hydrogen-bond donors (Lipinski definition) is 0. The van der Waals surface area contributed by atoms with Gasteiger partial charge in [-0.15, -0.1) is 0 Å². The molecular formula is C14H11BrCl2O2. The summed E-state index contributed by atoms with van der Waals surface area (Å²) >= 11 is 15.4. The lowest BCUT2D eigenvalue weighted by Gasteiger charge is -2.12. The third kappa shape index (κ3) is 3.78. The van der Waals surface area contributed by atoms with Crippen LogP contribution in [0.1, 0.15) is 5.56 Å². The van der Waals surface area contributed by atoms with Gasteiger partial charge in [-0.2, -0.15) is 0 Å². The Morgan fingerprint density at radius 3 is 2.58 bits per heavy atom. The van der Waals surface area contributed by atoms with E-state index in [1.54, 1.807) is 25.3 Å². The van der Waals surface area contributed by atoms with Crippen molar-refractivity contribution >= 4 is 39.1 Å². The number of rotatable bonds is 4. The van der Waals surface area contributed by atoms with E-state index in [1.807, 2.05) is 18.2 Å². The van der Waals surface area contributed by atoms with E-state index < -0.39 is 0 Å². The van der Waals surface area contributed by atoms with E-state index >= 15 is 0 Å². The highest BCUT2D eigenvalue weighted by Crippen LogP contribution is 2.30. The number of hydrogen-bond acceptors (Lipinski definition) is 2. The van der Waals surface area contributed by atoms with Gasteiger partial charge >= 0.3 is 0 Å². The molecule has 0 bridgehead atoms. The molecule has 0 N–H and O–H groups in total. The van der Waals surface area contributed by atoms with Gasteiger partial charge in [-0.05, 0) is 30.3 Å². The van der Waals surface area contributed by atoms with Crippen molar-refractivity contribution in [2.45, 2.75) is 6.61 Å². The zero-order chi connectivity index (χ0) is 13.8. The van der Waals surface area contributed by atoms with Gasteiger partial charge in [0.15, 0.2) is 0 Å². The molecule has 100 valence electrons. The van der Waals surface area contributed by atoms with Crippen LogP contribution in [0.5, 0.6) is 11.5 Å². The Hall–Kier alpha value is -0.900. The van der Waals surface area contributed by atoms with Crippen molar-refractivity contribution < 1.29 is 9.47 Å². The lowest BCUT2D eigenvalue weighted by atomic mass is 10.2. The quantitative estimate of drug-likeness (QED) is 0.731. The topological polar surface area (TPSA) is 18.5 Å². The van der Waals surface area contributed by atoms with E-state index in [0.717, 1.165) is 15.8 Å². The zero-order valence-electron chi connectivity index (χ0n) is 10.1. The van der Waals surface area contributed by atoms with E-state index in [9.17, 15) is 0 Å². The molecule has 0 atom stereocenters. The molecule has 0 aliphatic rings. The number of benzene rings is 2. The first-order valence-electron chi connectivity index (χ1n) is 5.50. The number of methoxy groups -OCH3 is 1. The average Bonchev–Trinajstić information content (AvgIpc) is 2.40. The van der Waals surface area contributed by atoms with Crippen LogP contribution in [0.4, 0.5) is 0 Å². The summed E-state index contributed by atoms with van der Waals surface area (Å²) in [5.41, 5.74) is 0.924. The van der Waals surface area contributed by atoms with Crippen LogP contribution in [0, 0.1) is 0 Å². The fraction of sp³-hybridized carbons (Fsp3) is 0.143. The molecule has 0 fully saturated rings. The molecule has 2 aromatic carbocycles. The van der Waals surface area contributed by atoms with Crippen LogP contribution in [0.25, 0.3) is 0 Å². The van der Waals surface area contributed by atoms with Crippen LogP contribution in [-0.2, 0) is 6.61 Å². The molecule has 0 radical (unpaired) electrons. The van der Waals surface area contributed by atoms with Crippen LogP contribution in [0.15, 0.2) is 40.9 Å². The van der Waals surface area contributed by atoms with Crippen molar-refractivity contribution in [3.8, 4) is 11.5 Å². The van der Waals surface area contributed by atoms with Crippen LogP contribution in [0.3, 0.4) is 0 Å². The summed E-state index contributed by atoms with van der Waals surface area (Å²) in [4.78, 5) is 0. The molecular weight excluding hydrogens is 351 g/mol. The minimum atomic E-state index is 0.350. The summed E-state index contributed by atoms with van der Waals surface area (Å²) < 4.78 is 11.9. The maximum Gasteiger partial charge on any atom is 0.139 e. The molecule has 2 aromatic rings. The maximum atomic E-state index is 6.04. The molecule has 0 unspecified atom stereocenters. The van der Waals surface area contributed by atoms with Gasteiger partial charge in [0, 0.05) is 21.1 Å². The zero-order valence-corrected chi connectivity index (χ0v) is 13.2. The Morgan fingerprint density at radius 2 is 1.84 bits per heavy atom. The van der Waals surface area contributed by atoms with Gasteiger partial charge in [0.1, 0.15) is 18.1 Å². The lowest BCUT2D eigenvalue weighted by Crippen LogP contribution is -1.99. The second-order valence-electron chi connectivity index (χ2n) is 3.82. The van der Waals surface area contributed by atoms with Gasteiger partial charge in [0.2, 0.25) is 0 Å². The maximum absolute atomic E-state index is 6.04. The highest BCUT2D eigenvalue weighted by Gasteiger charge is 2.07. The SMILES string of the molecule is COc1ccc(Br)cc1COc1cc(Cl)ccc1Cl. The Bertz CT molecular complexity index is 588. The van der Waals surface area contributed by atoms with Gasteiger partial charge in [-0.3, -0.25) is 0 Å². The summed E-state index contributed by atoms with van der Waals surface area (Å²) in [6.45, 7) is 0.350. The van der Waals surface area contributed by atoms with Gasteiger partial charge in [0.05, 0.1) is 12.1 Å². The van der Waals surface area contributed by atoms with Gasteiger partial charge in [-0.1, -0.05) is 39.1 Å². The summed E-state index contributed by atoms with van der Waals surface area (Å²) in [5.74, 6) is 1.32. The van der Waals surface area contributed by atoms with Crippen molar-refractivity contribution in [1.29, 1.82) is 0 Å². The van der Waals surface area contributed by atoms with Crippen LogP contribution >= 0.6 is 39.1 Å². The molecule has 2 rings (SSSR count). The number of halogens is 3. The van der Waals surface area contributed by atoms with Crippen molar-refractivity contribution in [3.63, 3.8) is 0 Å². The first kappa shape index (κ1) is 14.5. The molecule has 0 aromatic heterocycles. The van der Waals surface area contributed by atoms with Crippen molar-refractivity contribution in [2.24, 2.45) is 0 Å². The molecule has 0 aliphatic carbocycles. The molecule has 0 aliphatic heterocycles. The highest BCUT2D eigenvalue weighted by atomic mass is 79.9. The molecule has 19 heavy (non-hydrogen) atoms. The summed E-state index contributed by atoms with van der Waals surface area (Å²) in [6, 6.07) is 10.8. The highest BCUT2D eigenvalue weighted by molar-refractivity contribution is 9.10. The molecule has 5 heteroatoms. The molecule has 0 heterocycles. The monoisotopic (exact) mass is 360 g/mol. The van der Waals surface area contributed by atoms with E-state index in [-0.39, 0.29) is 0 Å². The van der Waals surface area contributed by atoms with Crippen molar-refractivity contribution in [1.82, 2.24) is 0 Å². The van der Waals surface area contributed by atoms with Gasteiger partial charge < -0.3 is 9.47 Å². The molecule has 0 saturated heterocycles. The van der Waals surface area contributed by atoms with Crippen LogP contribution in [0.2, 0.25) is 10.0 Å². The second kappa shape index (κ2) is 6.51. The van der Waals surface area contributed by atoms with E-state index in [4.69, 9.17) is 32.7 Å². The van der Waals surface area contributed by atoms with E-state index in [2.05, 4.69) is 15.9 Å². The minimum absolute atomic E-state index is 0.350. The first-order valence-corrected chi connectivity index (χ1v) is 7.05. The average molecular weight is 362 g/mol. The fourth-order valence-corrected chi connectivity index (χ4v) is 2.35. The first-order chi connectivity index (χ1) is 9.10. The van der Waals surface area contributed by atoms with Crippen molar-refractivity contribution in [3.05, 3.63) is 56.5 Å². The fourth-order valence-electron chi connectivity index (χ4n) is 1.60. The lowest BCUT2D eigenvalue weighted by molar-refractivity contribution is 0.297. The van der Waals surface area contributed by atoms with E-state index in [0.29, 0.717) is 22.4 Å².